The second kappa shape index (κ2) is 7.78. The van der Waals surface area contributed by atoms with Crippen LogP contribution in [0.15, 0.2) is 60.8 Å². The largest absolute Gasteiger partial charge is 0.497 e. The van der Waals surface area contributed by atoms with Crippen molar-refractivity contribution in [3.8, 4) is 17.0 Å². The zero-order valence-electron chi connectivity index (χ0n) is 15.7. The van der Waals surface area contributed by atoms with Crippen LogP contribution in [-0.4, -0.2) is 17.5 Å². The molecule has 0 unspecified atom stereocenters. The molecule has 138 valence electrons. The molecule has 0 amide bonds. The van der Waals surface area contributed by atoms with Crippen LogP contribution in [0.1, 0.15) is 35.4 Å². The lowest BCUT2D eigenvalue weighted by Crippen LogP contribution is -2.40. The van der Waals surface area contributed by atoms with E-state index in [0.29, 0.717) is 6.54 Å². The molecule has 27 heavy (non-hydrogen) atoms. The van der Waals surface area contributed by atoms with E-state index in [9.17, 15) is 4.79 Å². The van der Waals surface area contributed by atoms with E-state index in [2.05, 4.69) is 39.6 Å². The van der Waals surface area contributed by atoms with Crippen molar-refractivity contribution in [2.24, 2.45) is 0 Å². The van der Waals surface area contributed by atoms with Gasteiger partial charge in [-0.1, -0.05) is 30.3 Å². The van der Waals surface area contributed by atoms with E-state index in [-0.39, 0.29) is 5.78 Å². The maximum atomic E-state index is 12.9. The molecule has 0 bridgehead atoms. The van der Waals surface area contributed by atoms with E-state index in [1.807, 2.05) is 30.3 Å². The summed E-state index contributed by atoms with van der Waals surface area (Å²) in [5, 5.41) is 0. The highest BCUT2D eigenvalue weighted by Crippen LogP contribution is 2.24. The summed E-state index contributed by atoms with van der Waals surface area (Å²) in [6.45, 7) is 1.39. The number of aromatic nitrogens is 2. The number of nitrogens with zero attached hydrogens (tertiary/aromatic N) is 2. The molecule has 2 heterocycles. The molecule has 1 aliphatic rings. The summed E-state index contributed by atoms with van der Waals surface area (Å²) < 4.78 is 9.75. The Morgan fingerprint density at radius 1 is 1.04 bits per heavy atom. The van der Waals surface area contributed by atoms with Crippen molar-refractivity contribution in [1.82, 2.24) is 4.57 Å². The molecule has 1 aliphatic heterocycles. The van der Waals surface area contributed by atoms with Crippen molar-refractivity contribution in [2.45, 2.75) is 38.8 Å². The number of carbonyl (C=O) groups excluding carboxylic acids is 1. The lowest BCUT2D eigenvalue weighted by Gasteiger charge is -2.04. The van der Waals surface area contributed by atoms with Crippen LogP contribution in [-0.2, 0) is 19.5 Å². The van der Waals surface area contributed by atoms with Gasteiger partial charge in [-0.15, -0.1) is 0 Å². The van der Waals surface area contributed by atoms with Gasteiger partial charge < -0.3 is 4.74 Å². The number of rotatable bonds is 5. The van der Waals surface area contributed by atoms with Crippen LogP contribution in [0.25, 0.3) is 11.3 Å². The summed E-state index contributed by atoms with van der Waals surface area (Å²) >= 11 is 0. The maximum absolute atomic E-state index is 12.9. The molecule has 3 aromatic rings. The van der Waals surface area contributed by atoms with Crippen LogP contribution in [0.5, 0.6) is 5.75 Å². The Balaban J connectivity index is 1.67. The minimum atomic E-state index is 0.125. The molecule has 4 nitrogen and oxygen atoms in total. The fraction of sp³-hybridized carbons (Fsp3) is 0.304. The van der Waals surface area contributed by atoms with Crippen molar-refractivity contribution in [3.63, 3.8) is 0 Å². The molecule has 0 saturated carbocycles. The topological polar surface area (TPSA) is 35.1 Å². The summed E-state index contributed by atoms with van der Waals surface area (Å²) in [6.07, 6.45) is 6.77. The standard InChI is InChI=1S/C23H25N2O2/c1-27-20-13-11-19(12-14-20)22(26)17-24-16-21(18-8-4-2-5-9-18)25-15-7-3-6-10-23(24)25/h2,4-5,8-9,11-14,16H,3,6-7,10,15,17H2,1H3/q+1. The van der Waals surface area contributed by atoms with Crippen molar-refractivity contribution in [1.29, 1.82) is 0 Å². The molecule has 0 spiro atoms. The molecule has 1 aromatic heterocycles. The predicted octanol–water partition coefficient (Wildman–Crippen LogP) is 4.06. The average Bonchev–Trinajstić information content (AvgIpc) is 2.89. The fourth-order valence-corrected chi connectivity index (χ4v) is 3.84. The van der Waals surface area contributed by atoms with Gasteiger partial charge in [0.05, 0.1) is 13.7 Å². The van der Waals surface area contributed by atoms with E-state index in [4.69, 9.17) is 4.74 Å². The second-order valence-electron chi connectivity index (χ2n) is 7.04. The van der Waals surface area contributed by atoms with Gasteiger partial charge in [-0.05, 0) is 43.5 Å². The highest BCUT2D eigenvalue weighted by atomic mass is 16.5. The minimum Gasteiger partial charge on any atom is -0.497 e. The highest BCUT2D eigenvalue weighted by Gasteiger charge is 2.27. The van der Waals surface area contributed by atoms with Crippen LogP contribution in [0.2, 0.25) is 0 Å². The zero-order valence-corrected chi connectivity index (χ0v) is 15.7. The van der Waals surface area contributed by atoms with Gasteiger partial charge >= 0.3 is 0 Å². The first-order valence-electron chi connectivity index (χ1n) is 9.61. The van der Waals surface area contributed by atoms with Crippen LogP contribution in [0.3, 0.4) is 0 Å². The van der Waals surface area contributed by atoms with Crippen molar-refractivity contribution >= 4 is 5.78 Å². The molecule has 0 fully saturated rings. The second-order valence-corrected chi connectivity index (χ2v) is 7.04. The number of methoxy groups -OCH3 is 1. The Hall–Kier alpha value is -2.88. The number of fused-ring (bicyclic) bond motifs is 1. The van der Waals surface area contributed by atoms with Gasteiger partial charge in [-0.3, -0.25) is 4.79 Å². The van der Waals surface area contributed by atoms with E-state index in [1.165, 1.54) is 36.3 Å². The Bertz CT molecular complexity index is 927. The first kappa shape index (κ1) is 17.5. The zero-order chi connectivity index (χ0) is 18.6. The van der Waals surface area contributed by atoms with Gasteiger partial charge in [0.15, 0.2) is 12.2 Å². The molecule has 4 rings (SSSR count). The highest BCUT2D eigenvalue weighted by molar-refractivity contribution is 5.95. The number of ether oxygens (including phenoxy) is 1. The third-order valence-corrected chi connectivity index (χ3v) is 5.29. The van der Waals surface area contributed by atoms with Gasteiger partial charge in [0.1, 0.15) is 11.9 Å². The van der Waals surface area contributed by atoms with Gasteiger partial charge in [0.25, 0.3) is 5.82 Å². The molecular formula is C23H25N2O2+. The number of carbonyl (C=O) groups is 1. The molecule has 4 heteroatoms. The third-order valence-electron chi connectivity index (χ3n) is 5.29. The van der Waals surface area contributed by atoms with Crippen LogP contribution >= 0.6 is 0 Å². The van der Waals surface area contributed by atoms with Crippen LogP contribution in [0, 0.1) is 0 Å². The molecule has 0 saturated heterocycles. The molecular weight excluding hydrogens is 336 g/mol. The van der Waals surface area contributed by atoms with Crippen molar-refractivity contribution in [3.05, 3.63) is 72.2 Å². The normalized spacial score (nSPS) is 13.7. The van der Waals surface area contributed by atoms with Gasteiger partial charge in [-0.2, -0.15) is 0 Å². The van der Waals surface area contributed by atoms with E-state index in [0.717, 1.165) is 24.3 Å². The average molecular weight is 361 g/mol. The van der Waals surface area contributed by atoms with E-state index >= 15 is 0 Å². The maximum Gasteiger partial charge on any atom is 0.257 e. The summed E-state index contributed by atoms with van der Waals surface area (Å²) in [5.74, 6) is 2.15. The number of Topliss-reactive ketones (excluding diaryl/α,β-unsaturated/α-hetero) is 1. The Labute approximate surface area is 160 Å². The van der Waals surface area contributed by atoms with E-state index in [1.54, 1.807) is 7.11 Å². The number of ketones is 1. The van der Waals surface area contributed by atoms with Crippen molar-refractivity contribution < 1.29 is 14.1 Å². The monoisotopic (exact) mass is 361 g/mol. The summed E-state index contributed by atoms with van der Waals surface area (Å²) in [6, 6.07) is 17.8. The minimum absolute atomic E-state index is 0.125. The lowest BCUT2D eigenvalue weighted by atomic mass is 10.1. The molecule has 0 atom stereocenters. The molecule has 0 radical (unpaired) electrons. The van der Waals surface area contributed by atoms with Crippen LogP contribution in [0.4, 0.5) is 0 Å². The smallest absolute Gasteiger partial charge is 0.257 e. The summed E-state index contributed by atoms with van der Waals surface area (Å²) in [5.41, 5.74) is 3.13. The summed E-state index contributed by atoms with van der Waals surface area (Å²) in [4.78, 5) is 12.9. The van der Waals surface area contributed by atoms with Crippen molar-refractivity contribution in [2.75, 3.05) is 7.11 Å². The fourth-order valence-electron chi connectivity index (χ4n) is 3.84. The Morgan fingerprint density at radius 3 is 2.56 bits per heavy atom. The quantitative estimate of drug-likeness (QED) is 0.507. The number of imidazole rings is 1. The first-order chi connectivity index (χ1) is 13.3. The third kappa shape index (κ3) is 3.65. The number of benzene rings is 2. The summed E-state index contributed by atoms with van der Waals surface area (Å²) in [7, 11) is 1.63. The lowest BCUT2D eigenvalue weighted by molar-refractivity contribution is -0.690. The number of hydrogen-bond donors (Lipinski definition) is 0. The van der Waals surface area contributed by atoms with Crippen LogP contribution < -0.4 is 9.30 Å². The Kier molecular flexibility index (Phi) is 5.05. The van der Waals surface area contributed by atoms with Gasteiger partial charge in [-0.25, -0.2) is 9.13 Å². The predicted molar refractivity (Wildman–Crippen MR) is 105 cm³/mol. The SMILES string of the molecule is COc1ccc(C(=O)C[n+]2cc(-c3ccccc3)n3c2CCCCC3)cc1. The molecule has 0 aliphatic carbocycles. The van der Waals surface area contributed by atoms with E-state index < -0.39 is 0 Å². The van der Waals surface area contributed by atoms with Gasteiger partial charge in [0.2, 0.25) is 5.78 Å². The van der Waals surface area contributed by atoms with Gasteiger partial charge in [0, 0.05) is 17.5 Å². The molecule has 0 N–H and O–H groups in total. The molecule has 2 aromatic carbocycles. The Morgan fingerprint density at radius 2 is 1.81 bits per heavy atom. The number of hydrogen-bond acceptors (Lipinski definition) is 2. The first-order valence-corrected chi connectivity index (χ1v) is 9.61.